The van der Waals surface area contributed by atoms with Crippen molar-refractivity contribution in [2.75, 3.05) is 6.54 Å². The molecule has 1 aromatic heterocycles. The monoisotopic (exact) mass is 257 g/mol. The van der Waals surface area contributed by atoms with E-state index >= 15 is 0 Å². The largest absolute Gasteiger partial charge is 0.308 e. The third-order valence-electron chi connectivity index (χ3n) is 3.38. The molecule has 3 nitrogen and oxygen atoms in total. The van der Waals surface area contributed by atoms with Crippen molar-refractivity contribution in [3.63, 3.8) is 0 Å². The number of aromatic nitrogens is 2. The summed E-state index contributed by atoms with van der Waals surface area (Å²) in [7, 11) is 0. The average molecular weight is 257 g/mol. The van der Waals surface area contributed by atoms with Crippen LogP contribution in [-0.2, 0) is 6.54 Å². The summed E-state index contributed by atoms with van der Waals surface area (Å²) in [6.45, 7) is 8.42. The second kappa shape index (κ2) is 6.53. The van der Waals surface area contributed by atoms with Gasteiger partial charge in [0.05, 0.1) is 12.6 Å². The van der Waals surface area contributed by atoms with Crippen LogP contribution >= 0.6 is 0 Å². The summed E-state index contributed by atoms with van der Waals surface area (Å²) in [5.74, 6) is 0. The third kappa shape index (κ3) is 3.67. The topological polar surface area (TPSA) is 29.9 Å². The Bertz CT molecular complexity index is 503. The SMILES string of the molecule is CCCNC(Cn1cccn1)c1cc(C)ccc1C. The van der Waals surface area contributed by atoms with Crippen LogP contribution in [0.4, 0.5) is 0 Å². The number of hydrogen-bond donors (Lipinski definition) is 1. The Morgan fingerprint density at radius 3 is 2.84 bits per heavy atom. The smallest absolute Gasteiger partial charge is 0.0604 e. The minimum absolute atomic E-state index is 0.319. The molecule has 2 rings (SSSR count). The van der Waals surface area contributed by atoms with Crippen molar-refractivity contribution in [2.24, 2.45) is 0 Å². The Kier molecular flexibility index (Phi) is 4.74. The first-order valence-electron chi connectivity index (χ1n) is 6.98. The summed E-state index contributed by atoms with van der Waals surface area (Å²) >= 11 is 0. The molecule has 0 aliphatic heterocycles. The van der Waals surface area contributed by atoms with E-state index in [1.54, 1.807) is 0 Å². The predicted molar refractivity (Wildman–Crippen MR) is 79.2 cm³/mol. The maximum Gasteiger partial charge on any atom is 0.0604 e. The molecule has 0 bridgehead atoms. The Hall–Kier alpha value is -1.61. The quantitative estimate of drug-likeness (QED) is 0.861. The van der Waals surface area contributed by atoms with Gasteiger partial charge in [-0.25, -0.2) is 0 Å². The predicted octanol–water partition coefficient (Wildman–Crippen LogP) is 3.24. The molecule has 1 heterocycles. The summed E-state index contributed by atoms with van der Waals surface area (Å²) in [6, 6.07) is 8.95. The molecule has 1 atom stereocenters. The van der Waals surface area contributed by atoms with Gasteiger partial charge in [-0.05, 0) is 44.0 Å². The molecular formula is C16H23N3. The maximum atomic E-state index is 4.32. The first-order valence-corrected chi connectivity index (χ1v) is 6.98. The van der Waals surface area contributed by atoms with Crippen LogP contribution in [0.3, 0.4) is 0 Å². The fourth-order valence-corrected chi connectivity index (χ4v) is 2.32. The van der Waals surface area contributed by atoms with Crippen molar-refractivity contribution >= 4 is 0 Å². The van der Waals surface area contributed by atoms with Gasteiger partial charge >= 0.3 is 0 Å². The van der Waals surface area contributed by atoms with Crippen molar-refractivity contribution in [3.05, 3.63) is 53.3 Å². The highest BCUT2D eigenvalue weighted by Crippen LogP contribution is 2.21. The van der Waals surface area contributed by atoms with Gasteiger partial charge in [0.25, 0.3) is 0 Å². The van der Waals surface area contributed by atoms with Gasteiger partial charge in [-0.3, -0.25) is 4.68 Å². The van der Waals surface area contributed by atoms with Gasteiger partial charge in [0.2, 0.25) is 0 Å². The lowest BCUT2D eigenvalue weighted by Gasteiger charge is -2.21. The van der Waals surface area contributed by atoms with Gasteiger partial charge < -0.3 is 5.32 Å². The fourth-order valence-electron chi connectivity index (χ4n) is 2.32. The number of hydrogen-bond acceptors (Lipinski definition) is 2. The van der Waals surface area contributed by atoms with E-state index in [2.05, 4.69) is 49.4 Å². The van der Waals surface area contributed by atoms with Crippen molar-refractivity contribution in [1.82, 2.24) is 15.1 Å². The molecule has 0 radical (unpaired) electrons. The van der Waals surface area contributed by atoms with Crippen LogP contribution in [-0.4, -0.2) is 16.3 Å². The highest BCUT2D eigenvalue weighted by atomic mass is 15.3. The Labute approximate surface area is 115 Å². The lowest BCUT2D eigenvalue weighted by molar-refractivity contribution is 0.437. The van der Waals surface area contributed by atoms with E-state index in [0.29, 0.717) is 6.04 Å². The zero-order valence-corrected chi connectivity index (χ0v) is 12.1. The second-order valence-corrected chi connectivity index (χ2v) is 5.09. The highest BCUT2D eigenvalue weighted by Gasteiger charge is 2.14. The van der Waals surface area contributed by atoms with E-state index in [1.165, 1.54) is 16.7 Å². The van der Waals surface area contributed by atoms with Crippen LogP contribution in [0.2, 0.25) is 0 Å². The minimum atomic E-state index is 0.319. The molecule has 1 N–H and O–H groups in total. The number of nitrogens with one attached hydrogen (secondary N) is 1. The van der Waals surface area contributed by atoms with Crippen LogP contribution in [0.5, 0.6) is 0 Å². The summed E-state index contributed by atoms with van der Waals surface area (Å²) in [4.78, 5) is 0. The first-order chi connectivity index (χ1) is 9.20. The molecule has 0 amide bonds. The van der Waals surface area contributed by atoms with Crippen LogP contribution in [0.25, 0.3) is 0 Å². The zero-order valence-electron chi connectivity index (χ0n) is 12.1. The van der Waals surface area contributed by atoms with Crippen LogP contribution in [0.1, 0.15) is 36.1 Å². The van der Waals surface area contributed by atoms with Crippen LogP contribution in [0, 0.1) is 13.8 Å². The van der Waals surface area contributed by atoms with Crippen molar-refractivity contribution < 1.29 is 0 Å². The number of nitrogens with zero attached hydrogens (tertiary/aromatic N) is 2. The van der Waals surface area contributed by atoms with Gasteiger partial charge in [-0.1, -0.05) is 30.7 Å². The number of rotatable bonds is 6. The molecule has 2 aromatic rings. The van der Waals surface area contributed by atoms with Crippen LogP contribution in [0.15, 0.2) is 36.7 Å². The molecule has 102 valence electrons. The minimum Gasteiger partial charge on any atom is -0.308 e. The number of aryl methyl sites for hydroxylation is 2. The normalized spacial score (nSPS) is 12.6. The molecule has 0 fully saturated rings. The summed E-state index contributed by atoms with van der Waals surface area (Å²) in [5.41, 5.74) is 4.03. The Balaban J connectivity index is 2.23. The van der Waals surface area contributed by atoms with Gasteiger partial charge in [0.1, 0.15) is 0 Å². The molecule has 3 heteroatoms. The second-order valence-electron chi connectivity index (χ2n) is 5.09. The lowest BCUT2D eigenvalue weighted by atomic mass is 9.98. The molecule has 19 heavy (non-hydrogen) atoms. The van der Waals surface area contributed by atoms with E-state index in [-0.39, 0.29) is 0 Å². The molecule has 0 saturated heterocycles. The summed E-state index contributed by atoms with van der Waals surface area (Å²) in [6.07, 6.45) is 4.99. The first kappa shape index (κ1) is 13.8. The molecule has 0 aliphatic carbocycles. The van der Waals surface area contributed by atoms with E-state index in [4.69, 9.17) is 0 Å². The summed E-state index contributed by atoms with van der Waals surface area (Å²) < 4.78 is 2.00. The molecule has 0 spiro atoms. The Morgan fingerprint density at radius 1 is 1.32 bits per heavy atom. The molecule has 0 aliphatic rings. The van der Waals surface area contributed by atoms with Gasteiger partial charge in [-0.2, -0.15) is 5.10 Å². The maximum absolute atomic E-state index is 4.32. The molecule has 0 saturated carbocycles. The van der Waals surface area contributed by atoms with Gasteiger partial charge in [-0.15, -0.1) is 0 Å². The number of benzene rings is 1. The van der Waals surface area contributed by atoms with E-state index in [0.717, 1.165) is 19.5 Å². The average Bonchev–Trinajstić information content (AvgIpc) is 2.90. The fraction of sp³-hybridized carbons (Fsp3) is 0.438. The standard InChI is InChI=1S/C16H23N3/c1-4-8-17-16(12-19-10-5-9-18-19)15-11-13(2)6-7-14(15)3/h5-7,9-11,16-17H,4,8,12H2,1-3H3. The van der Waals surface area contributed by atoms with Gasteiger partial charge in [0, 0.05) is 12.4 Å². The Morgan fingerprint density at radius 2 is 2.16 bits per heavy atom. The van der Waals surface area contributed by atoms with Crippen molar-refractivity contribution in [3.8, 4) is 0 Å². The third-order valence-corrected chi connectivity index (χ3v) is 3.38. The van der Waals surface area contributed by atoms with Crippen molar-refractivity contribution in [2.45, 2.75) is 39.8 Å². The van der Waals surface area contributed by atoms with Crippen molar-refractivity contribution in [1.29, 1.82) is 0 Å². The molecule has 1 unspecified atom stereocenters. The van der Waals surface area contributed by atoms with Gasteiger partial charge in [0.15, 0.2) is 0 Å². The van der Waals surface area contributed by atoms with Crippen LogP contribution < -0.4 is 5.32 Å². The van der Waals surface area contributed by atoms with E-state index in [1.807, 2.05) is 23.1 Å². The zero-order chi connectivity index (χ0) is 13.7. The lowest BCUT2D eigenvalue weighted by Crippen LogP contribution is -2.27. The van der Waals surface area contributed by atoms with E-state index < -0.39 is 0 Å². The summed E-state index contributed by atoms with van der Waals surface area (Å²) in [5, 5.41) is 7.95. The van der Waals surface area contributed by atoms with E-state index in [9.17, 15) is 0 Å². The molecular weight excluding hydrogens is 234 g/mol. The molecule has 1 aromatic carbocycles. The highest BCUT2D eigenvalue weighted by molar-refractivity contribution is 5.33.